The summed E-state index contributed by atoms with van der Waals surface area (Å²) in [5, 5.41) is 0. The number of rotatable bonds is 8. The van der Waals surface area contributed by atoms with Crippen molar-refractivity contribution in [1.82, 2.24) is 15.0 Å². The molecule has 8 nitrogen and oxygen atoms in total. The van der Waals surface area contributed by atoms with Gasteiger partial charge in [0.25, 0.3) is 0 Å². The van der Waals surface area contributed by atoms with Gasteiger partial charge in [0, 0.05) is 55.3 Å². The van der Waals surface area contributed by atoms with Crippen LogP contribution >= 0.6 is 0 Å². The number of nitrogen functional groups attached to an aromatic ring is 1. The SMILES string of the molecule is CCCc1ccc(-c2cnc(N)c(C(=O)Cc3cnccc3N3CCOC(CN)C3)n2)cc1. The lowest BCUT2D eigenvalue weighted by Gasteiger charge is -2.35. The Bertz CT molecular complexity index is 1100. The molecule has 1 saturated heterocycles. The largest absolute Gasteiger partial charge is 0.382 e. The zero-order chi connectivity index (χ0) is 23.2. The lowest BCUT2D eigenvalue weighted by molar-refractivity contribution is 0.0465. The molecule has 3 heterocycles. The lowest BCUT2D eigenvalue weighted by atomic mass is 10.0. The van der Waals surface area contributed by atoms with Crippen LogP contribution in [-0.2, 0) is 17.6 Å². The molecule has 1 unspecified atom stereocenters. The first-order valence-corrected chi connectivity index (χ1v) is 11.3. The number of hydrogen-bond acceptors (Lipinski definition) is 8. The number of carbonyl (C=O) groups is 1. The van der Waals surface area contributed by atoms with Crippen molar-refractivity contribution in [3.63, 3.8) is 0 Å². The molecule has 3 aromatic rings. The van der Waals surface area contributed by atoms with Gasteiger partial charge in [0.05, 0.1) is 24.6 Å². The van der Waals surface area contributed by atoms with E-state index in [9.17, 15) is 4.79 Å². The van der Waals surface area contributed by atoms with Crippen LogP contribution < -0.4 is 16.4 Å². The highest BCUT2D eigenvalue weighted by molar-refractivity contribution is 6.00. The molecule has 4 N–H and O–H groups in total. The Morgan fingerprint density at radius 1 is 1.21 bits per heavy atom. The highest BCUT2D eigenvalue weighted by atomic mass is 16.5. The fraction of sp³-hybridized carbons (Fsp3) is 0.360. The zero-order valence-corrected chi connectivity index (χ0v) is 18.9. The van der Waals surface area contributed by atoms with Crippen molar-refractivity contribution in [1.29, 1.82) is 0 Å². The van der Waals surface area contributed by atoms with E-state index in [1.165, 1.54) is 5.56 Å². The summed E-state index contributed by atoms with van der Waals surface area (Å²) >= 11 is 0. The third-order valence-electron chi connectivity index (χ3n) is 5.82. The Morgan fingerprint density at radius 2 is 2.03 bits per heavy atom. The molecule has 33 heavy (non-hydrogen) atoms. The van der Waals surface area contributed by atoms with Gasteiger partial charge < -0.3 is 21.1 Å². The summed E-state index contributed by atoms with van der Waals surface area (Å²) in [7, 11) is 0. The standard InChI is InChI=1S/C25H30N6O2/c1-2-3-17-4-6-18(7-5-17)21-15-29-25(27)24(30-21)23(32)12-19-14-28-9-8-22(19)31-10-11-33-20(13-26)16-31/h4-9,14-15,20H,2-3,10-13,16,26H2,1H3,(H2,27,29). The number of pyridine rings is 1. The molecule has 2 aromatic heterocycles. The summed E-state index contributed by atoms with van der Waals surface area (Å²) in [6.07, 6.45) is 7.28. The number of Topliss-reactive ketones (excluding diaryl/α,β-unsaturated/α-hetero) is 1. The van der Waals surface area contributed by atoms with Gasteiger partial charge in [-0.1, -0.05) is 37.6 Å². The fourth-order valence-electron chi connectivity index (χ4n) is 4.08. The van der Waals surface area contributed by atoms with E-state index in [0.29, 0.717) is 25.4 Å². The zero-order valence-electron chi connectivity index (χ0n) is 18.9. The van der Waals surface area contributed by atoms with Crippen LogP contribution in [0.3, 0.4) is 0 Å². The number of anilines is 2. The van der Waals surface area contributed by atoms with Crippen LogP contribution in [0.2, 0.25) is 0 Å². The molecule has 1 aliphatic heterocycles. The van der Waals surface area contributed by atoms with Gasteiger partial charge in [0.15, 0.2) is 11.6 Å². The average Bonchev–Trinajstić information content (AvgIpc) is 2.85. The second kappa shape index (κ2) is 10.5. The molecule has 172 valence electrons. The van der Waals surface area contributed by atoms with E-state index in [4.69, 9.17) is 16.2 Å². The number of benzene rings is 1. The van der Waals surface area contributed by atoms with Gasteiger partial charge >= 0.3 is 0 Å². The molecule has 0 bridgehead atoms. The third kappa shape index (κ3) is 5.35. The second-order valence-electron chi connectivity index (χ2n) is 8.21. The quantitative estimate of drug-likeness (QED) is 0.507. The maximum Gasteiger partial charge on any atom is 0.189 e. The summed E-state index contributed by atoms with van der Waals surface area (Å²) in [5.41, 5.74) is 16.6. The van der Waals surface area contributed by atoms with Crippen molar-refractivity contribution in [3.8, 4) is 11.3 Å². The second-order valence-corrected chi connectivity index (χ2v) is 8.21. The van der Waals surface area contributed by atoms with E-state index >= 15 is 0 Å². The van der Waals surface area contributed by atoms with E-state index in [2.05, 4.69) is 38.9 Å². The van der Waals surface area contributed by atoms with Gasteiger partial charge in [-0.3, -0.25) is 9.78 Å². The summed E-state index contributed by atoms with van der Waals surface area (Å²) < 4.78 is 5.68. The number of aryl methyl sites for hydroxylation is 1. The summed E-state index contributed by atoms with van der Waals surface area (Å²) in [5.74, 6) is -0.0614. The van der Waals surface area contributed by atoms with Crippen LogP contribution in [-0.4, -0.2) is 53.1 Å². The van der Waals surface area contributed by atoms with Crippen LogP contribution in [0.5, 0.6) is 0 Å². The number of aromatic nitrogens is 3. The minimum atomic E-state index is -0.192. The van der Waals surface area contributed by atoms with Gasteiger partial charge in [-0.25, -0.2) is 9.97 Å². The van der Waals surface area contributed by atoms with Crippen molar-refractivity contribution in [2.45, 2.75) is 32.3 Å². The normalized spacial score (nSPS) is 16.1. The molecule has 0 radical (unpaired) electrons. The molecule has 0 aliphatic carbocycles. The van der Waals surface area contributed by atoms with Crippen molar-refractivity contribution >= 4 is 17.3 Å². The molecule has 0 spiro atoms. The molecule has 1 aromatic carbocycles. The average molecular weight is 447 g/mol. The first kappa shape index (κ1) is 22.8. The Kier molecular flexibility index (Phi) is 7.26. The van der Waals surface area contributed by atoms with Gasteiger partial charge in [0.1, 0.15) is 5.69 Å². The van der Waals surface area contributed by atoms with Crippen molar-refractivity contribution in [3.05, 3.63) is 65.7 Å². The Morgan fingerprint density at radius 3 is 2.79 bits per heavy atom. The Balaban J connectivity index is 1.56. The monoisotopic (exact) mass is 446 g/mol. The van der Waals surface area contributed by atoms with E-state index in [1.54, 1.807) is 18.6 Å². The van der Waals surface area contributed by atoms with E-state index in [1.807, 2.05) is 18.2 Å². The number of hydrogen-bond donors (Lipinski definition) is 2. The van der Waals surface area contributed by atoms with E-state index in [-0.39, 0.29) is 29.8 Å². The highest BCUT2D eigenvalue weighted by Crippen LogP contribution is 2.25. The van der Waals surface area contributed by atoms with Crippen molar-refractivity contribution in [2.24, 2.45) is 5.73 Å². The van der Waals surface area contributed by atoms with Crippen molar-refractivity contribution < 1.29 is 9.53 Å². The molecule has 0 amide bonds. The molecule has 1 fully saturated rings. The molecule has 1 atom stereocenters. The molecule has 4 rings (SSSR count). The first-order valence-electron chi connectivity index (χ1n) is 11.3. The van der Waals surface area contributed by atoms with Gasteiger partial charge in [-0.15, -0.1) is 0 Å². The molecule has 8 heteroatoms. The van der Waals surface area contributed by atoms with Crippen LogP contribution in [0.15, 0.2) is 48.9 Å². The number of nitrogens with zero attached hydrogens (tertiary/aromatic N) is 4. The maximum absolute atomic E-state index is 13.2. The molecular weight excluding hydrogens is 416 g/mol. The number of morpholine rings is 1. The van der Waals surface area contributed by atoms with Crippen LogP contribution in [0.25, 0.3) is 11.3 Å². The number of ether oxygens (including phenoxy) is 1. The Hall–Kier alpha value is -3.36. The van der Waals surface area contributed by atoms with Crippen LogP contribution in [0.4, 0.5) is 11.5 Å². The molecular formula is C25H30N6O2. The fourth-order valence-corrected chi connectivity index (χ4v) is 4.08. The maximum atomic E-state index is 13.2. The van der Waals surface area contributed by atoms with Crippen LogP contribution in [0.1, 0.15) is 35.0 Å². The predicted molar refractivity (Wildman–Crippen MR) is 129 cm³/mol. The minimum Gasteiger partial charge on any atom is -0.382 e. The lowest BCUT2D eigenvalue weighted by Crippen LogP contribution is -2.46. The van der Waals surface area contributed by atoms with Gasteiger partial charge in [-0.2, -0.15) is 0 Å². The van der Waals surface area contributed by atoms with Gasteiger partial charge in [0.2, 0.25) is 0 Å². The number of ketones is 1. The number of carbonyl (C=O) groups excluding carboxylic acids is 1. The smallest absolute Gasteiger partial charge is 0.189 e. The van der Waals surface area contributed by atoms with Crippen LogP contribution in [0, 0.1) is 0 Å². The summed E-state index contributed by atoms with van der Waals surface area (Å²) in [6.45, 7) is 4.60. The van der Waals surface area contributed by atoms with Gasteiger partial charge in [-0.05, 0) is 18.1 Å². The summed E-state index contributed by atoms with van der Waals surface area (Å²) in [4.78, 5) is 28.5. The first-order chi connectivity index (χ1) is 16.1. The molecule has 0 saturated carbocycles. The Labute approximate surface area is 194 Å². The van der Waals surface area contributed by atoms with E-state index in [0.717, 1.165) is 36.2 Å². The van der Waals surface area contributed by atoms with E-state index < -0.39 is 0 Å². The minimum absolute atomic E-state index is 0.0302. The summed E-state index contributed by atoms with van der Waals surface area (Å²) in [6, 6.07) is 10.1. The highest BCUT2D eigenvalue weighted by Gasteiger charge is 2.23. The molecule has 1 aliphatic rings. The topological polar surface area (TPSA) is 120 Å². The van der Waals surface area contributed by atoms with Crippen molar-refractivity contribution in [2.75, 3.05) is 36.9 Å². The third-order valence-corrected chi connectivity index (χ3v) is 5.82. The predicted octanol–water partition coefficient (Wildman–Crippen LogP) is 2.66. The number of nitrogens with two attached hydrogens (primary N) is 2.